The van der Waals surface area contributed by atoms with Gasteiger partial charge in [0.15, 0.2) is 9.84 Å². The number of anilines is 1. The highest BCUT2D eigenvalue weighted by Crippen LogP contribution is 2.27. The molecular weight excluding hydrogens is 272 g/mol. The predicted molar refractivity (Wildman–Crippen MR) is 84.0 cm³/mol. The van der Waals surface area contributed by atoms with Crippen molar-refractivity contribution in [2.24, 2.45) is 0 Å². The van der Waals surface area contributed by atoms with Crippen LogP contribution in [0.15, 0.2) is 18.2 Å². The van der Waals surface area contributed by atoms with Crippen LogP contribution in [0.3, 0.4) is 0 Å². The maximum atomic E-state index is 11.6. The number of hydrogen-bond acceptors (Lipinski definition) is 4. The van der Waals surface area contributed by atoms with E-state index in [4.69, 9.17) is 0 Å². The summed E-state index contributed by atoms with van der Waals surface area (Å²) in [5.74, 6) is 0. The molecule has 0 bridgehead atoms. The van der Waals surface area contributed by atoms with Crippen molar-refractivity contribution in [1.29, 1.82) is 0 Å². The molecule has 1 aliphatic rings. The van der Waals surface area contributed by atoms with Crippen molar-refractivity contribution in [3.05, 3.63) is 29.3 Å². The van der Waals surface area contributed by atoms with Gasteiger partial charge in [-0.05, 0) is 37.5 Å². The Labute approximate surface area is 122 Å². The maximum Gasteiger partial charge on any atom is 0.153 e. The highest BCUT2D eigenvalue weighted by atomic mass is 32.2. The lowest BCUT2D eigenvalue weighted by molar-refractivity contribution is 0.521. The molecule has 0 spiro atoms. The third-order valence-corrected chi connectivity index (χ3v) is 6.31. The normalized spacial score (nSPS) is 15.5. The summed E-state index contributed by atoms with van der Waals surface area (Å²) in [5.41, 5.74) is 3.91. The van der Waals surface area contributed by atoms with Crippen molar-refractivity contribution in [2.75, 3.05) is 31.3 Å². The first-order valence-electron chi connectivity index (χ1n) is 6.94. The van der Waals surface area contributed by atoms with Crippen LogP contribution in [0.1, 0.15) is 25.0 Å². The van der Waals surface area contributed by atoms with Gasteiger partial charge in [-0.1, -0.05) is 12.1 Å². The first-order valence-corrected chi connectivity index (χ1v) is 8.83. The SMILES string of the molecule is CN1CCc2cc(CNCC(C)(C)S(C)(=O)=O)ccc21. The van der Waals surface area contributed by atoms with Gasteiger partial charge in [0.1, 0.15) is 0 Å². The fraction of sp³-hybridized carbons (Fsp3) is 0.600. The monoisotopic (exact) mass is 296 g/mol. The van der Waals surface area contributed by atoms with Crippen molar-refractivity contribution in [2.45, 2.75) is 31.6 Å². The Kier molecular flexibility index (Phi) is 4.12. The van der Waals surface area contributed by atoms with Gasteiger partial charge in [0.25, 0.3) is 0 Å². The smallest absolute Gasteiger partial charge is 0.153 e. The molecule has 4 nitrogen and oxygen atoms in total. The van der Waals surface area contributed by atoms with E-state index >= 15 is 0 Å². The molecule has 5 heteroatoms. The van der Waals surface area contributed by atoms with Crippen LogP contribution in [0.25, 0.3) is 0 Å². The largest absolute Gasteiger partial charge is 0.374 e. The van der Waals surface area contributed by atoms with Gasteiger partial charge in [-0.3, -0.25) is 0 Å². The molecule has 20 heavy (non-hydrogen) atoms. The van der Waals surface area contributed by atoms with E-state index in [1.807, 2.05) is 0 Å². The van der Waals surface area contributed by atoms with Crippen LogP contribution in [0.2, 0.25) is 0 Å². The van der Waals surface area contributed by atoms with E-state index in [9.17, 15) is 8.42 Å². The van der Waals surface area contributed by atoms with E-state index in [0.29, 0.717) is 13.1 Å². The Balaban J connectivity index is 1.96. The van der Waals surface area contributed by atoms with Crippen molar-refractivity contribution in [3.63, 3.8) is 0 Å². The summed E-state index contributed by atoms with van der Waals surface area (Å²) < 4.78 is 22.5. The molecule has 0 fully saturated rings. The summed E-state index contributed by atoms with van der Waals surface area (Å²) in [6.45, 7) is 5.76. The van der Waals surface area contributed by atoms with Crippen LogP contribution in [-0.2, 0) is 22.8 Å². The van der Waals surface area contributed by atoms with E-state index in [1.165, 1.54) is 23.1 Å². The first-order chi connectivity index (χ1) is 9.21. The zero-order chi connectivity index (χ0) is 15.0. The zero-order valence-electron chi connectivity index (χ0n) is 12.7. The number of sulfone groups is 1. The molecule has 0 unspecified atom stereocenters. The number of hydrogen-bond donors (Lipinski definition) is 1. The molecule has 1 heterocycles. The minimum absolute atomic E-state index is 0.461. The quantitative estimate of drug-likeness (QED) is 0.896. The number of fused-ring (bicyclic) bond motifs is 1. The number of nitrogens with zero attached hydrogens (tertiary/aromatic N) is 1. The Morgan fingerprint density at radius 1 is 1.35 bits per heavy atom. The maximum absolute atomic E-state index is 11.6. The lowest BCUT2D eigenvalue weighted by Gasteiger charge is -2.23. The van der Waals surface area contributed by atoms with Gasteiger partial charge in [-0.25, -0.2) is 8.42 Å². The molecule has 1 aromatic carbocycles. The van der Waals surface area contributed by atoms with Crippen LogP contribution >= 0.6 is 0 Å². The summed E-state index contributed by atoms with van der Waals surface area (Å²) in [6.07, 6.45) is 2.38. The van der Waals surface area contributed by atoms with Crippen LogP contribution in [-0.4, -0.2) is 39.6 Å². The highest BCUT2D eigenvalue weighted by molar-refractivity contribution is 7.92. The van der Waals surface area contributed by atoms with Crippen LogP contribution in [0, 0.1) is 0 Å². The molecule has 1 aliphatic heterocycles. The topological polar surface area (TPSA) is 49.4 Å². The summed E-state index contributed by atoms with van der Waals surface area (Å²) in [5, 5.41) is 3.26. The van der Waals surface area contributed by atoms with Gasteiger partial charge >= 0.3 is 0 Å². The van der Waals surface area contributed by atoms with Crippen LogP contribution in [0.4, 0.5) is 5.69 Å². The Hall–Kier alpha value is -1.07. The minimum Gasteiger partial charge on any atom is -0.374 e. The number of nitrogens with one attached hydrogen (secondary N) is 1. The molecule has 0 saturated heterocycles. The average Bonchev–Trinajstić information content (AvgIpc) is 2.69. The second kappa shape index (κ2) is 5.37. The van der Waals surface area contributed by atoms with Crippen LogP contribution < -0.4 is 10.2 Å². The van der Waals surface area contributed by atoms with E-state index in [1.54, 1.807) is 13.8 Å². The molecule has 0 atom stereocenters. The Morgan fingerprint density at radius 2 is 2.05 bits per heavy atom. The molecule has 0 aromatic heterocycles. The number of likely N-dealkylation sites (N-methyl/N-ethyl adjacent to an activating group) is 1. The fourth-order valence-electron chi connectivity index (χ4n) is 2.37. The third kappa shape index (κ3) is 3.15. The average molecular weight is 296 g/mol. The standard InChI is InChI=1S/C15H24N2O2S/c1-15(2,20(4,18)19)11-16-10-12-5-6-14-13(9-12)7-8-17(14)3/h5-6,9,16H,7-8,10-11H2,1-4H3. The molecule has 2 rings (SSSR count). The third-order valence-electron chi connectivity index (χ3n) is 4.16. The number of rotatable bonds is 5. The van der Waals surface area contributed by atoms with Gasteiger partial charge in [0.05, 0.1) is 4.75 Å². The van der Waals surface area contributed by atoms with Gasteiger partial charge < -0.3 is 10.2 Å². The van der Waals surface area contributed by atoms with Gasteiger partial charge in [-0.2, -0.15) is 0 Å². The van der Waals surface area contributed by atoms with Gasteiger partial charge in [0.2, 0.25) is 0 Å². The minimum atomic E-state index is -3.04. The fourth-order valence-corrected chi connectivity index (χ4v) is 2.73. The summed E-state index contributed by atoms with van der Waals surface area (Å²) in [6, 6.07) is 6.49. The van der Waals surface area contributed by atoms with Crippen LogP contribution in [0.5, 0.6) is 0 Å². The van der Waals surface area contributed by atoms with Crippen molar-refractivity contribution >= 4 is 15.5 Å². The molecule has 0 amide bonds. The first kappa shape index (κ1) is 15.3. The molecule has 1 N–H and O–H groups in total. The van der Waals surface area contributed by atoms with E-state index < -0.39 is 14.6 Å². The van der Waals surface area contributed by atoms with Crippen molar-refractivity contribution < 1.29 is 8.42 Å². The molecule has 0 saturated carbocycles. The van der Waals surface area contributed by atoms with E-state index in [0.717, 1.165) is 13.0 Å². The molecule has 112 valence electrons. The highest BCUT2D eigenvalue weighted by Gasteiger charge is 2.29. The molecule has 0 radical (unpaired) electrons. The van der Waals surface area contributed by atoms with Crippen molar-refractivity contribution in [3.8, 4) is 0 Å². The van der Waals surface area contributed by atoms with E-state index in [-0.39, 0.29) is 0 Å². The van der Waals surface area contributed by atoms with Crippen molar-refractivity contribution in [1.82, 2.24) is 5.32 Å². The molecule has 1 aromatic rings. The molecule has 0 aliphatic carbocycles. The van der Waals surface area contributed by atoms with Gasteiger partial charge in [0, 0.05) is 38.6 Å². The second-order valence-corrected chi connectivity index (χ2v) is 8.92. The summed E-state index contributed by atoms with van der Waals surface area (Å²) in [7, 11) is -0.933. The summed E-state index contributed by atoms with van der Waals surface area (Å²) in [4.78, 5) is 2.26. The van der Waals surface area contributed by atoms with Gasteiger partial charge in [-0.15, -0.1) is 0 Å². The Bertz CT molecular complexity index is 594. The number of benzene rings is 1. The Morgan fingerprint density at radius 3 is 2.70 bits per heavy atom. The van der Waals surface area contributed by atoms with E-state index in [2.05, 4.69) is 35.5 Å². The summed E-state index contributed by atoms with van der Waals surface area (Å²) >= 11 is 0. The predicted octanol–water partition coefficient (Wildman–Crippen LogP) is 1.59. The molecular formula is C15H24N2O2S. The zero-order valence-corrected chi connectivity index (χ0v) is 13.5. The lowest BCUT2D eigenvalue weighted by Crippen LogP contribution is -2.41. The lowest BCUT2D eigenvalue weighted by atomic mass is 10.1. The second-order valence-electron chi connectivity index (χ2n) is 6.27.